The summed E-state index contributed by atoms with van der Waals surface area (Å²) in [5, 5.41) is 3.62. The number of nitrogens with zero attached hydrogens (tertiary/aromatic N) is 3. The highest BCUT2D eigenvalue weighted by Gasteiger charge is 2.14. The zero-order chi connectivity index (χ0) is 22.5. The van der Waals surface area contributed by atoms with Gasteiger partial charge in [-0.15, -0.1) is 0 Å². The molecule has 0 saturated carbocycles. The first-order valence-corrected chi connectivity index (χ1v) is 11.1. The third kappa shape index (κ3) is 5.03. The van der Waals surface area contributed by atoms with E-state index in [2.05, 4.69) is 22.2 Å². The largest absolute Gasteiger partial charge is 0.325 e. The molecule has 6 nitrogen and oxygen atoms in total. The lowest BCUT2D eigenvalue weighted by Crippen LogP contribution is -2.25. The second-order valence-electron chi connectivity index (χ2n) is 7.17. The molecule has 8 heteroatoms. The van der Waals surface area contributed by atoms with Gasteiger partial charge in [0.15, 0.2) is 10.8 Å². The number of hydrogen-bond donors (Lipinski definition) is 1. The van der Waals surface area contributed by atoms with Gasteiger partial charge in [0.25, 0.3) is 5.56 Å². The van der Waals surface area contributed by atoms with Crippen molar-refractivity contribution >= 4 is 34.4 Å². The summed E-state index contributed by atoms with van der Waals surface area (Å²) in [6.07, 6.45) is 2.50. The van der Waals surface area contributed by atoms with E-state index in [0.29, 0.717) is 21.9 Å². The minimum Gasteiger partial charge on any atom is -0.325 e. The van der Waals surface area contributed by atoms with Crippen molar-refractivity contribution in [3.8, 4) is 0 Å². The van der Waals surface area contributed by atoms with E-state index in [0.717, 1.165) is 23.7 Å². The fraction of sp³-hybridized carbons (Fsp3) is 0.167. The van der Waals surface area contributed by atoms with Gasteiger partial charge in [0, 0.05) is 11.9 Å². The summed E-state index contributed by atoms with van der Waals surface area (Å²) < 4.78 is 14.8. The van der Waals surface area contributed by atoms with Crippen LogP contribution in [0.4, 0.5) is 10.1 Å². The summed E-state index contributed by atoms with van der Waals surface area (Å²) in [4.78, 5) is 34.3. The number of aryl methyl sites for hydroxylation is 1. The van der Waals surface area contributed by atoms with E-state index in [1.165, 1.54) is 22.3 Å². The molecule has 2 heterocycles. The first-order valence-electron chi connectivity index (χ1n) is 10.1. The number of fused-ring (bicyclic) bond motifs is 1. The van der Waals surface area contributed by atoms with E-state index in [1.807, 2.05) is 24.3 Å². The van der Waals surface area contributed by atoms with Crippen molar-refractivity contribution in [2.45, 2.75) is 25.0 Å². The van der Waals surface area contributed by atoms with Crippen molar-refractivity contribution < 1.29 is 9.18 Å². The molecule has 0 radical (unpaired) electrons. The highest BCUT2D eigenvalue weighted by molar-refractivity contribution is 7.99. The topological polar surface area (TPSA) is 76.9 Å². The predicted molar refractivity (Wildman–Crippen MR) is 124 cm³/mol. The van der Waals surface area contributed by atoms with Crippen LogP contribution >= 0.6 is 11.8 Å². The van der Waals surface area contributed by atoms with E-state index in [9.17, 15) is 14.0 Å². The first-order chi connectivity index (χ1) is 15.5. The minimum absolute atomic E-state index is 0.0731. The van der Waals surface area contributed by atoms with Crippen molar-refractivity contribution in [3.63, 3.8) is 0 Å². The van der Waals surface area contributed by atoms with E-state index in [4.69, 9.17) is 0 Å². The van der Waals surface area contributed by atoms with Crippen LogP contribution in [0.5, 0.6) is 0 Å². The Hall–Kier alpha value is -3.52. The molecule has 0 bridgehead atoms. The maximum Gasteiger partial charge on any atom is 0.263 e. The number of rotatable bonds is 7. The number of amides is 1. The number of anilines is 1. The summed E-state index contributed by atoms with van der Waals surface area (Å²) >= 11 is 1.16. The van der Waals surface area contributed by atoms with Crippen molar-refractivity contribution in [1.82, 2.24) is 14.5 Å². The van der Waals surface area contributed by atoms with Gasteiger partial charge in [-0.2, -0.15) is 0 Å². The molecule has 0 fully saturated rings. The molecule has 0 aliphatic rings. The van der Waals surface area contributed by atoms with Crippen LogP contribution in [0.3, 0.4) is 0 Å². The number of thioether (sulfide) groups is 1. The standard InChI is InChI=1S/C24H21FN4O2S/c1-2-16-7-11-19(12-8-16)27-21(30)15-32-24-28-22-20(4-3-13-26-22)23(31)29(24)14-17-5-9-18(25)10-6-17/h3-13H,2,14-15H2,1H3,(H,27,30). The molecule has 0 aliphatic heterocycles. The van der Waals surface area contributed by atoms with Gasteiger partial charge in [0.2, 0.25) is 5.91 Å². The smallest absolute Gasteiger partial charge is 0.263 e. The quantitative estimate of drug-likeness (QED) is 0.337. The normalized spacial score (nSPS) is 10.9. The van der Waals surface area contributed by atoms with Crippen molar-refractivity contribution in [3.05, 3.63) is 94.2 Å². The average Bonchev–Trinajstić information content (AvgIpc) is 2.81. The maximum atomic E-state index is 13.3. The van der Waals surface area contributed by atoms with Crippen molar-refractivity contribution in [2.75, 3.05) is 11.1 Å². The zero-order valence-corrected chi connectivity index (χ0v) is 18.2. The highest BCUT2D eigenvalue weighted by Crippen LogP contribution is 2.19. The molecule has 2 aromatic carbocycles. The Morgan fingerprint density at radius 1 is 1.06 bits per heavy atom. The lowest BCUT2D eigenvalue weighted by Gasteiger charge is -2.13. The molecule has 32 heavy (non-hydrogen) atoms. The third-order valence-electron chi connectivity index (χ3n) is 4.93. The van der Waals surface area contributed by atoms with Crippen LogP contribution in [0, 0.1) is 5.82 Å². The molecule has 0 saturated heterocycles. The van der Waals surface area contributed by atoms with Gasteiger partial charge in [-0.25, -0.2) is 14.4 Å². The third-order valence-corrected chi connectivity index (χ3v) is 5.90. The van der Waals surface area contributed by atoms with Crippen LogP contribution in [-0.4, -0.2) is 26.2 Å². The van der Waals surface area contributed by atoms with E-state index < -0.39 is 0 Å². The summed E-state index contributed by atoms with van der Waals surface area (Å²) in [6.45, 7) is 2.28. The molecule has 0 unspecified atom stereocenters. The molecular formula is C24H21FN4O2S. The molecule has 0 spiro atoms. The lowest BCUT2D eigenvalue weighted by atomic mass is 10.1. The monoisotopic (exact) mass is 448 g/mol. The fourth-order valence-electron chi connectivity index (χ4n) is 3.21. The lowest BCUT2D eigenvalue weighted by molar-refractivity contribution is -0.113. The Labute approximate surface area is 188 Å². The van der Waals surface area contributed by atoms with Crippen LogP contribution < -0.4 is 10.9 Å². The number of carbonyl (C=O) groups excluding carboxylic acids is 1. The van der Waals surface area contributed by atoms with Crippen molar-refractivity contribution in [1.29, 1.82) is 0 Å². The fourth-order valence-corrected chi connectivity index (χ4v) is 4.00. The van der Waals surface area contributed by atoms with Crippen LogP contribution in [-0.2, 0) is 17.8 Å². The number of hydrogen-bond acceptors (Lipinski definition) is 5. The van der Waals surface area contributed by atoms with Crippen molar-refractivity contribution in [2.24, 2.45) is 0 Å². The molecule has 2 aromatic heterocycles. The number of benzene rings is 2. The van der Waals surface area contributed by atoms with E-state index in [-0.39, 0.29) is 29.6 Å². The van der Waals surface area contributed by atoms with E-state index in [1.54, 1.807) is 30.5 Å². The Balaban J connectivity index is 1.57. The number of aromatic nitrogens is 3. The van der Waals surface area contributed by atoms with Crippen LogP contribution in [0.25, 0.3) is 11.0 Å². The summed E-state index contributed by atoms with van der Waals surface area (Å²) in [6, 6.07) is 17.0. The van der Waals surface area contributed by atoms with Gasteiger partial charge < -0.3 is 5.32 Å². The van der Waals surface area contributed by atoms with Crippen LogP contribution in [0.2, 0.25) is 0 Å². The molecule has 0 atom stereocenters. The number of pyridine rings is 1. The summed E-state index contributed by atoms with van der Waals surface area (Å²) in [5.74, 6) is -0.480. The minimum atomic E-state index is -0.347. The Morgan fingerprint density at radius 3 is 2.50 bits per heavy atom. The Morgan fingerprint density at radius 2 is 1.78 bits per heavy atom. The Kier molecular flexibility index (Phi) is 6.61. The summed E-state index contributed by atoms with van der Waals surface area (Å²) in [5.41, 5.74) is 2.72. The van der Waals surface area contributed by atoms with Crippen LogP contribution in [0.1, 0.15) is 18.1 Å². The molecule has 1 N–H and O–H groups in total. The molecule has 162 valence electrons. The van der Waals surface area contributed by atoms with Gasteiger partial charge in [-0.3, -0.25) is 14.2 Å². The Bertz CT molecular complexity index is 1300. The van der Waals surface area contributed by atoms with Gasteiger partial charge in [0.05, 0.1) is 17.7 Å². The van der Waals surface area contributed by atoms with E-state index >= 15 is 0 Å². The summed E-state index contributed by atoms with van der Waals surface area (Å²) in [7, 11) is 0. The van der Waals surface area contributed by atoms with Crippen LogP contribution in [0.15, 0.2) is 76.8 Å². The average molecular weight is 449 g/mol. The predicted octanol–water partition coefficient (Wildman–Crippen LogP) is 4.27. The highest BCUT2D eigenvalue weighted by atomic mass is 32.2. The number of carbonyl (C=O) groups is 1. The van der Waals surface area contributed by atoms with Gasteiger partial charge in [0.1, 0.15) is 5.82 Å². The SMILES string of the molecule is CCc1ccc(NC(=O)CSc2nc3ncccc3c(=O)n2Cc2ccc(F)cc2)cc1. The second-order valence-corrected chi connectivity index (χ2v) is 8.12. The zero-order valence-electron chi connectivity index (χ0n) is 17.4. The van der Waals surface area contributed by atoms with Gasteiger partial charge in [-0.05, 0) is 53.9 Å². The molecule has 4 aromatic rings. The first kappa shape index (κ1) is 21.7. The molecule has 4 rings (SSSR count). The number of nitrogens with one attached hydrogen (secondary N) is 1. The molecular weight excluding hydrogens is 427 g/mol. The number of halogens is 1. The van der Waals surface area contributed by atoms with Gasteiger partial charge in [-0.1, -0.05) is 43.0 Å². The molecule has 1 amide bonds. The molecule has 0 aliphatic carbocycles. The second kappa shape index (κ2) is 9.74. The maximum absolute atomic E-state index is 13.3. The van der Waals surface area contributed by atoms with Gasteiger partial charge >= 0.3 is 0 Å².